The van der Waals surface area contributed by atoms with E-state index in [1.807, 2.05) is 6.07 Å². The first-order valence-corrected chi connectivity index (χ1v) is 14.8. The average Bonchev–Trinajstić information content (AvgIpc) is 2.97. The second kappa shape index (κ2) is 13.8. The molecule has 4 rings (SSSR count). The third-order valence-electron chi connectivity index (χ3n) is 6.13. The van der Waals surface area contributed by atoms with Crippen molar-refractivity contribution in [1.29, 1.82) is 0 Å². The maximum atomic E-state index is 13.3. The van der Waals surface area contributed by atoms with Gasteiger partial charge in [0.15, 0.2) is 18.1 Å². The molecule has 0 aliphatic carbocycles. The van der Waals surface area contributed by atoms with Crippen molar-refractivity contribution in [3.8, 4) is 17.2 Å². The molecule has 238 valence electrons. The minimum atomic E-state index is -0.904. The highest BCUT2D eigenvalue weighted by Gasteiger charge is 2.54. The Morgan fingerprint density at radius 1 is 0.933 bits per heavy atom. The van der Waals surface area contributed by atoms with Gasteiger partial charge in [-0.25, -0.2) is 9.59 Å². The number of nitrogens with one attached hydrogen (secondary N) is 1. The average molecular weight is 641 g/mol. The van der Waals surface area contributed by atoms with Crippen molar-refractivity contribution in [2.45, 2.75) is 51.6 Å². The van der Waals surface area contributed by atoms with Crippen LogP contribution < -0.4 is 19.5 Å². The number of para-hydroxylation sites is 1. The van der Waals surface area contributed by atoms with E-state index in [4.69, 9.17) is 23.7 Å². The van der Waals surface area contributed by atoms with Crippen molar-refractivity contribution in [2.75, 3.05) is 19.0 Å². The van der Waals surface area contributed by atoms with Crippen molar-refractivity contribution in [3.63, 3.8) is 0 Å². The fraction of sp³-hybridized carbons (Fsp3) is 0.355. The minimum absolute atomic E-state index is 0.0246. The number of fused-ring (bicyclic) bond motifs is 1. The number of hydrogen-bond acceptors (Lipinski definition) is 12. The molecule has 2 amide bonds. The predicted molar refractivity (Wildman–Crippen MR) is 159 cm³/mol. The molecule has 2 aliphatic rings. The van der Waals surface area contributed by atoms with E-state index >= 15 is 0 Å². The van der Waals surface area contributed by atoms with Gasteiger partial charge in [0, 0.05) is 25.2 Å². The van der Waals surface area contributed by atoms with E-state index in [1.54, 1.807) is 45.0 Å². The zero-order valence-corrected chi connectivity index (χ0v) is 26.1. The molecule has 2 aromatic carbocycles. The van der Waals surface area contributed by atoms with E-state index in [9.17, 15) is 28.8 Å². The number of β-lactam (4-membered cyclic amide) rings is 1. The SMILES string of the molecule is CC(=O)Oc1ccc(C(=O)OCC2=C(C(=O)OC(C)(C)C)N3C(=O)C(NC(=O)COc4ccccc4)[C@H]3SC2)cc1OC(C)=O. The Kier molecular flexibility index (Phi) is 10.2. The Balaban J connectivity index is 1.49. The zero-order valence-electron chi connectivity index (χ0n) is 25.2. The van der Waals surface area contributed by atoms with Crippen LogP contribution in [-0.2, 0) is 33.4 Å². The van der Waals surface area contributed by atoms with Gasteiger partial charge in [-0.05, 0) is 51.1 Å². The van der Waals surface area contributed by atoms with E-state index in [2.05, 4.69) is 5.32 Å². The predicted octanol–water partition coefficient (Wildman–Crippen LogP) is 2.77. The van der Waals surface area contributed by atoms with E-state index in [0.717, 1.165) is 6.92 Å². The van der Waals surface area contributed by atoms with Gasteiger partial charge in [0.1, 0.15) is 35.1 Å². The lowest BCUT2D eigenvalue weighted by molar-refractivity contribution is -0.159. The molecule has 1 fully saturated rings. The van der Waals surface area contributed by atoms with Gasteiger partial charge in [-0.2, -0.15) is 0 Å². The molecule has 0 saturated carbocycles. The maximum absolute atomic E-state index is 13.3. The number of hydrogen-bond donors (Lipinski definition) is 1. The topological polar surface area (TPSA) is 164 Å². The molecule has 0 spiro atoms. The van der Waals surface area contributed by atoms with Crippen LogP contribution in [0.2, 0.25) is 0 Å². The van der Waals surface area contributed by atoms with E-state index in [0.29, 0.717) is 11.3 Å². The van der Waals surface area contributed by atoms with Gasteiger partial charge < -0.3 is 29.0 Å². The van der Waals surface area contributed by atoms with Crippen LogP contribution in [0.25, 0.3) is 0 Å². The molecular formula is C31H32N2O11S. The molecule has 2 aromatic rings. The minimum Gasteiger partial charge on any atom is -0.484 e. The molecule has 13 nitrogen and oxygen atoms in total. The molecule has 2 aliphatic heterocycles. The summed E-state index contributed by atoms with van der Waals surface area (Å²) in [5.41, 5.74) is -0.660. The van der Waals surface area contributed by atoms with Crippen molar-refractivity contribution in [3.05, 3.63) is 65.4 Å². The molecule has 1 saturated heterocycles. The summed E-state index contributed by atoms with van der Waals surface area (Å²) in [4.78, 5) is 76.3. The highest BCUT2D eigenvalue weighted by Crippen LogP contribution is 2.41. The van der Waals surface area contributed by atoms with E-state index < -0.39 is 52.7 Å². The smallest absolute Gasteiger partial charge is 0.355 e. The number of carbonyl (C=O) groups excluding carboxylic acids is 6. The van der Waals surface area contributed by atoms with Crippen LogP contribution in [0.3, 0.4) is 0 Å². The number of rotatable bonds is 10. The highest BCUT2D eigenvalue weighted by molar-refractivity contribution is 8.00. The van der Waals surface area contributed by atoms with Gasteiger partial charge in [-0.3, -0.25) is 24.1 Å². The molecular weight excluding hydrogens is 608 g/mol. The quantitative estimate of drug-likeness (QED) is 0.230. The maximum Gasteiger partial charge on any atom is 0.355 e. The Labute approximate surface area is 263 Å². The Bertz CT molecular complexity index is 1550. The molecule has 1 N–H and O–H groups in total. The summed E-state index contributed by atoms with van der Waals surface area (Å²) < 4.78 is 26.6. The second-order valence-electron chi connectivity index (χ2n) is 10.9. The van der Waals surface area contributed by atoms with Crippen molar-refractivity contribution in [1.82, 2.24) is 10.2 Å². The third kappa shape index (κ3) is 8.41. The second-order valence-corrected chi connectivity index (χ2v) is 12.0. The van der Waals surface area contributed by atoms with Gasteiger partial charge >= 0.3 is 23.9 Å². The van der Waals surface area contributed by atoms with Gasteiger partial charge in [0.25, 0.3) is 11.8 Å². The summed E-state index contributed by atoms with van der Waals surface area (Å²) in [6, 6.07) is 11.6. The van der Waals surface area contributed by atoms with E-state index in [-0.39, 0.29) is 41.7 Å². The molecule has 2 atom stereocenters. The fourth-order valence-electron chi connectivity index (χ4n) is 4.33. The number of amides is 2. The summed E-state index contributed by atoms with van der Waals surface area (Å²) in [6.45, 7) is 6.67. The summed E-state index contributed by atoms with van der Waals surface area (Å²) in [5, 5.41) is 2.06. The first-order chi connectivity index (χ1) is 21.2. The van der Waals surface area contributed by atoms with Crippen LogP contribution in [0.5, 0.6) is 17.2 Å². The standard InChI is InChI=1S/C31H32N2O11S/c1-17(34)42-22-12-11-19(13-23(22)43-18(2)35)29(38)41-14-20-16-45-28-25(32-24(36)15-40-21-9-7-6-8-10-21)27(37)33(28)26(20)30(39)44-31(3,4)5/h6-13,25,28H,14-16H2,1-5H3,(H,32,36)/t25?,28-/m1/s1. The van der Waals surface area contributed by atoms with Crippen LogP contribution >= 0.6 is 11.8 Å². The van der Waals surface area contributed by atoms with Gasteiger partial charge in [0.05, 0.1) is 5.56 Å². The van der Waals surface area contributed by atoms with Crippen LogP contribution in [0.15, 0.2) is 59.8 Å². The summed E-state index contributed by atoms with van der Waals surface area (Å²) >= 11 is 1.28. The lowest BCUT2D eigenvalue weighted by Gasteiger charge is -2.49. The van der Waals surface area contributed by atoms with E-state index in [1.165, 1.54) is 41.8 Å². The third-order valence-corrected chi connectivity index (χ3v) is 7.47. The highest BCUT2D eigenvalue weighted by atomic mass is 32.2. The first-order valence-electron chi connectivity index (χ1n) is 13.8. The van der Waals surface area contributed by atoms with Crippen molar-refractivity contribution in [2.24, 2.45) is 0 Å². The summed E-state index contributed by atoms with van der Waals surface area (Å²) in [7, 11) is 0. The first kappa shape index (κ1) is 33.1. The van der Waals surface area contributed by atoms with Crippen LogP contribution in [0.4, 0.5) is 0 Å². The molecule has 14 heteroatoms. The lowest BCUT2D eigenvalue weighted by Crippen LogP contribution is -2.71. The molecule has 0 bridgehead atoms. The largest absolute Gasteiger partial charge is 0.484 e. The number of esters is 4. The Morgan fingerprint density at radius 3 is 2.24 bits per heavy atom. The molecule has 1 unspecified atom stereocenters. The Hall–Kier alpha value is -4.85. The Morgan fingerprint density at radius 2 is 1.60 bits per heavy atom. The monoisotopic (exact) mass is 640 g/mol. The number of benzene rings is 2. The zero-order chi connectivity index (χ0) is 32.9. The summed E-state index contributed by atoms with van der Waals surface area (Å²) in [5.74, 6) is -3.56. The summed E-state index contributed by atoms with van der Waals surface area (Å²) in [6.07, 6.45) is 0. The molecule has 2 heterocycles. The normalized spacial score (nSPS) is 17.4. The van der Waals surface area contributed by atoms with Crippen LogP contribution in [0.1, 0.15) is 45.0 Å². The molecule has 0 radical (unpaired) electrons. The van der Waals surface area contributed by atoms with Crippen molar-refractivity contribution < 1.29 is 52.5 Å². The molecule has 45 heavy (non-hydrogen) atoms. The van der Waals surface area contributed by atoms with Crippen molar-refractivity contribution >= 4 is 47.5 Å². The number of carbonyl (C=O) groups is 6. The fourth-order valence-corrected chi connectivity index (χ4v) is 5.66. The van der Waals surface area contributed by atoms with Crippen LogP contribution in [-0.4, -0.2) is 76.6 Å². The van der Waals surface area contributed by atoms with Gasteiger partial charge in [0.2, 0.25) is 0 Å². The molecule has 0 aromatic heterocycles. The number of thioether (sulfide) groups is 1. The van der Waals surface area contributed by atoms with Crippen LogP contribution in [0, 0.1) is 0 Å². The number of nitrogens with zero attached hydrogens (tertiary/aromatic N) is 1. The number of ether oxygens (including phenoxy) is 5. The van der Waals surface area contributed by atoms with Gasteiger partial charge in [-0.1, -0.05) is 18.2 Å². The lowest BCUT2D eigenvalue weighted by atomic mass is 10.0. The van der Waals surface area contributed by atoms with Gasteiger partial charge in [-0.15, -0.1) is 11.8 Å².